The van der Waals surface area contributed by atoms with Gasteiger partial charge in [0, 0.05) is 18.8 Å². The quantitative estimate of drug-likeness (QED) is 0.532. The van der Waals surface area contributed by atoms with Crippen molar-refractivity contribution >= 4 is 0 Å². The zero-order valence-corrected chi connectivity index (χ0v) is 4.96. The average molecular weight is 145 g/mol. The summed E-state index contributed by atoms with van der Waals surface area (Å²) in [5, 5.41) is 0. The number of hydrogen-bond donors (Lipinski definition) is 0. The normalized spacial score (nSPS) is 33.0. The molecule has 0 saturated carbocycles. The van der Waals surface area contributed by atoms with Gasteiger partial charge in [0.15, 0.2) is 0 Å². The van der Waals surface area contributed by atoms with E-state index in [4.69, 9.17) is 12.3 Å². The van der Waals surface area contributed by atoms with E-state index in [1.807, 2.05) is 0 Å². The third-order valence-electron chi connectivity index (χ3n) is 0.576. The molecule has 0 fully saturated rings. The minimum atomic E-state index is -3.73. The predicted molar refractivity (Wildman–Crippen MR) is 34.7 cm³/mol. The zero-order chi connectivity index (χ0) is 15.2. The smallest absolute Gasteiger partial charge is 0.207 e. The fourth-order valence-electron chi connectivity index (χ4n) is 0.466. The molecule has 0 unspecified atom stereocenters. The van der Waals surface area contributed by atoms with Crippen molar-refractivity contribution in [1.82, 2.24) is 0 Å². The van der Waals surface area contributed by atoms with Gasteiger partial charge >= 0.3 is 0 Å². The van der Waals surface area contributed by atoms with Crippen molar-refractivity contribution < 1.29 is 21.1 Å². The van der Waals surface area contributed by atoms with Gasteiger partial charge in [-0.3, -0.25) is 0 Å². The van der Waals surface area contributed by atoms with Crippen LogP contribution in [0.2, 0.25) is 0 Å². The summed E-state index contributed by atoms with van der Waals surface area (Å²) in [4.78, 5) is 0. The molecule has 0 rings (SSSR count). The highest BCUT2D eigenvalue weighted by molar-refractivity contribution is 4.69. The molecule has 2 heteroatoms. The fourth-order valence-corrected chi connectivity index (χ4v) is 0.466. The first-order valence-electron chi connectivity index (χ1n) is 6.84. The van der Waals surface area contributed by atoms with Crippen molar-refractivity contribution in [3.8, 4) is 0 Å². The summed E-state index contributed by atoms with van der Waals surface area (Å²) < 4.78 is 90.1. The standard InChI is InChI=1S/C7H14F2/c1-6(2,3)5-7(4,8)9/h5H2,1-4H3/i1D3,2D3,3D3. The Labute approximate surface area is 67.9 Å². The molecule has 0 amide bonds. The molecular formula is C7H14F2. The van der Waals surface area contributed by atoms with Crippen LogP contribution in [0.5, 0.6) is 0 Å². The van der Waals surface area contributed by atoms with E-state index in [-0.39, 0.29) is 0 Å². The van der Waals surface area contributed by atoms with Gasteiger partial charge in [-0.05, 0) is 12.3 Å². The fraction of sp³-hybridized carbons (Fsp3) is 1.00. The van der Waals surface area contributed by atoms with Crippen LogP contribution in [-0.2, 0) is 0 Å². The molecular weight excluding hydrogens is 122 g/mol. The van der Waals surface area contributed by atoms with E-state index < -0.39 is 38.3 Å². The number of alkyl halides is 2. The van der Waals surface area contributed by atoms with Gasteiger partial charge in [0.05, 0.1) is 0 Å². The van der Waals surface area contributed by atoms with Crippen molar-refractivity contribution in [1.29, 1.82) is 0 Å². The molecule has 0 aliphatic carbocycles. The number of hydrogen-bond acceptors (Lipinski definition) is 0. The van der Waals surface area contributed by atoms with Crippen molar-refractivity contribution in [2.75, 3.05) is 0 Å². The van der Waals surface area contributed by atoms with Crippen molar-refractivity contribution in [3.63, 3.8) is 0 Å². The van der Waals surface area contributed by atoms with Crippen molar-refractivity contribution in [2.45, 2.75) is 39.8 Å². The average Bonchev–Trinajstić information content (AvgIpc) is 1.90. The van der Waals surface area contributed by atoms with Gasteiger partial charge in [-0.15, -0.1) is 0 Å². The van der Waals surface area contributed by atoms with E-state index in [2.05, 4.69) is 0 Å². The highest BCUT2D eigenvalue weighted by atomic mass is 19.3. The summed E-state index contributed by atoms with van der Waals surface area (Å²) in [6.45, 7) is -10.4. The molecule has 56 valence electrons. The van der Waals surface area contributed by atoms with E-state index in [0.717, 1.165) is 0 Å². The molecule has 0 aromatic rings. The van der Waals surface area contributed by atoms with Crippen molar-refractivity contribution in [2.24, 2.45) is 5.41 Å². The van der Waals surface area contributed by atoms with Crippen LogP contribution in [0.4, 0.5) is 8.78 Å². The van der Waals surface area contributed by atoms with Crippen LogP contribution in [0.1, 0.15) is 46.2 Å². The van der Waals surface area contributed by atoms with Gasteiger partial charge in [0.1, 0.15) is 0 Å². The maximum Gasteiger partial charge on any atom is 0.245 e. The Bertz CT molecular complexity index is 256. The van der Waals surface area contributed by atoms with Crippen LogP contribution in [0.25, 0.3) is 0 Å². The summed E-state index contributed by atoms with van der Waals surface area (Å²) in [7, 11) is 0. The first-order valence-corrected chi connectivity index (χ1v) is 2.34. The molecule has 0 bridgehead atoms. The minimum Gasteiger partial charge on any atom is -0.207 e. The molecule has 0 spiro atoms. The number of halogens is 2. The second-order valence-electron chi connectivity index (χ2n) is 2.15. The van der Waals surface area contributed by atoms with Crippen LogP contribution in [0, 0.1) is 5.41 Å². The summed E-state index contributed by atoms with van der Waals surface area (Å²) in [5.74, 6) is -3.73. The second-order valence-corrected chi connectivity index (χ2v) is 2.15. The van der Waals surface area contributed by atoms with Gasteiger partial charge in [-0.2, -0.15) is 0 Å². The van der Waals surface area contributed by atoms with Crippen LogP contribution < -0.4 is 0 Å². The number of rotatable bonds is 1. The van der Waals surface area contributed by atoms with E-state index in [1.54, 1.807) is 0 Å². The molecule has 0 aliphatic heterocycles. The summed E-state index contributed by atoms with van der Waals surface area (Å²) in [6.07, 6.45) is -1.76. The maximum atomic E-state index is 13.1. The van der Waals surface area contributed by atoms with Gasteiger partial charge < -0.3 is 0 Å². The third-order valence-corrected chi connectivity index (χ3v) is 0.576. The van der Waals surface area contributed by atoms with E-state index >= 15 is 0 Å². The lowest BCUT2D eigenvalue weighted by Gasteiger charge is -2.22. The van der Waals surface area contributed by atoms with E-state index in [1.165, 1.54) is 0 Å². The molecule has 9 heavy (non-hydrogen) atoms. The molecule has 0 aliphatic rings. The maximum absolute atomic E-state index is 13.1. The van der Waals surface area contributed by atoms with Crippen LogP contribution in [0.15, 0.2) is 0 Å². The van der Waals surface area contributed by atoms with Crippen LogP contribution >= 0.6 is 0 Å². The van der Waals surface area contributed by atoms with Crippen LogP contribution in [-0.4, -0.2) is 5.92 Å². The Hall–Kier alpha value is -0.140. The first kappa shape index (κ1) is 1.93. The highest BCUT2D eigenvalue weighted by Gasteiger charge is 2.28. The first-order chi connectivity index (χ1) is 7.46. The zero-order valence-electron chi connectivity index (χ0n) is 14.0. The topological polar surface area (TPSA) is 0 Å². The monoisotopic (exact) mass is 145 g/mol. The molecule has 0 saturated heterocycles. The molecule has 0 N–H and O–H groups in total. The Morgan fingerprint density at radius 1 is 1.33 bits per heavy atom. The van der Waals surface area contributed by atoms with Gasteiger partial charge in [0.2, 0.25) is 5.92 Å². The lowest BCUT2D eigenvalue weighted by atomic mass is 9.89. The molecule has 0 aromatic heterocycles. The Morgan fingerprint density at radius 2 is 1.78 bits per heavy atom. The Kier molecular flexibility index (Phi) is 0.479. The van der Waals surface area contributed by atoms with Gasteiger partial charge in [0.25, 0.3) is 0 Å². The van der Waals surface area contributed by atoms with Crippen molar-refractivity contribution in [3.05, 3.63) is 0 Å². The SMILES string of the molecule is [2H]C([2H])([2H])C(CC(C)(F)F)(C([2H])([2H])[2H])C([2H])([2H])[2H]. The summed E-state index contributed by atoms with van der Waals surface area (Å²) in [6, 6.07) is 0. The lowest BCUT2D eigenvalue weighted by molar-refractivity contribution is -0.0168. The molecule has 0 heterocycles. The predicted octanol–water partition coefficient (Wildman–Crippen LogP) is 3.08. The second kappa shape index (κ2) is 2.24. The summed E-state index contributed by atoms with van der Waals surface area (Å²) >= 11 is 0. The lowest BCUT2D eigenvalue weighted by Crippen LogP contribution is -2.20. The third kappa shape index (κ3) is 7.86. The van der Waals surface area contributed by atoms with E-state index in [0.29, 0.717) is 6.92 Å². The highest BCUT2D eigenvalue weighted by Crippen LogP contribution is 2.30. The van der Waals surface area contributed by atoms with Crippen LogP contribution in [0.3, 0.4) is 0 Å². The molecule has 0 aromatic carbocycles. The minimum absolute atomic E-state index is 0.297. The summed E-state index contributed by atoms with van der Waals surface area (Å²) in [5.41, 5.74) is -3.45. The molecule has 0 radical (unpaired) electrons. The Morgan fingerprint density at radius 3 is 1.89 bits per heavy atom. The Balaban J connectivity index is 6.10. The van der Waals surface area contributed by atoms with Gasteiger partial charge in [-0.25, -0.2) is 8.78 Å². The van der Waals surface area contributed by atoms with E-state index in [9.17, 15) is 8.78 Å². The molecule has 0 atom stereocenters. The molecule has 0 nitrogen and oxygen atoms in total. The van der Waals surface area contributed by atoms with Gasteiger partial charge in [-0.1, -0.05) is 20.6 Å². The largest absolute Gasteiger partial charge is 0.245 e.